The van der Waals surface area contributed by atoms with Gasteiger partial charge in [-0.15, -0.1) is 0 Å². The highest BCUT2D eigenvalue weighted by molar-refractivity contribution is 5.79. The van der Waals surface area contributed by atoms with Crippen LogP contribution in [-0.4, -0.2) is 27.3 Å². The Hall–Kier alpha value is -3.15. The maximum Gasteiger partial charge on any atom is 0.191 e. The predicted octanol–water partition coefficient (Wildman–Crippen LogP) is 2.58. The van der Waals surface area contributed by atoms with E-state index in [9.17, 15) is 0 Å². The lowest BCUT2D eigenvalue weighted by atomic mass is 10.2. The quantitative estimate of drug-likeness (QED) is 0.509. The van der Waals surface area contributed by atoms with E-state index in [-0.39, 0.29) is 0 Å². The molecule has 0 bridgehead atoms. The van der Waals surface area contributed by atoms with Crippen molar-refractivity contribution < 1.29 is 0 Å². The first-order valence-electron chi connectivity index (χ1n) is 8.81. The van der Waals surface area contributed by atoms with Crippen LogP contribution in [0.15, 0.2) is 72.1 Å². The zero-order valence-corrected chi connectivity index (χ0v) is 15.0. The van der Waals surface area contributed by atoms with Gasteiger partial charge in [-0.1, -0.05) is 36.4 Å². The van der Waals surface area contributed by atoms with Gasteiger partial charge in [0.15, 0.2) is 5.96 Å². The zero-order valence-electron chi connectivity index (χ0n) is 15.0. The topological polar surface area (TPSA) is 67.1 Å². The molecular weight excluding hydrogens is 324 g/mol. The van der Waals surface area contributed by atoms with Crippen LogP contribution in [0.4, 0.5) is 0 Å². The molecule has 0 amide bonds. The van der Waals surface area contributed by atoms with E-state index in [0.29, 0.717) is 13.1 Å². The fourth-order valence-corrected chi connectivity index (χ4v) is 2.53. The first-order valence-corrected chi connectivity index (χ1v) is 8.81. The Bertz CT molecular complexity index is 811. The van der Waals surface area contributed by atoms with Crippen LogP contribution in [0, 0.1) is 0 Å². The van der Waals surface area contributed by atoms with Crippen molar-refractivity contribution in [3.8, 4) is 0 Å². The summed E-state index contributed by atoms with van der Waals surface area (Å²) in [4.78, 5) is 8.95. The van der Waals surface area contributed by atoms with Crippen molar-refractivity contribution >= 4 is 5.96 Å². The summed E-state index contributed by atoms with van der Waals surface area (Å²) in [5.74, 6) is 0.772. The number of hydrogen-bond donors (Lipinski definition) is 2. The average Bonchev–Trinajstić information content (AvgIpc) is 3.13. The first-order chi connectivity index (χ1) is 12.8. The van der Waals surface area contributed by atoms with Gasteiger partial charge in [-0.2, -0.15) is 5.10 Å². The van der Waals surface area contributed by atoms with Crippen LogP contribution in [0.5, 0.6) is 0 Å². The fourth-order valence-electron chi connectivity index (χ4n) is 2.53. The van der Waals surface area contributed by atoms with Crippen LogP contribution < -0.4 is 10.6 Å². The number of aliphatic imine (C=N–C) groups is 1. The summed E-state index contributed by atoms with van der Waals surface area (Å²) in [7, 11) is 0. The zero-order chi connectivity index (χ0) is 18.0. The number of rotatable bonds is 7. The number of benzene rings is 1. The van der Waals surface area contributed by atoms with E-state index < -0.39 is 0 Å². The molecule has 0 saturated carbocycles. The Labute approximate surface area is 154 Å². The van der Waals surface area contributed by atoms with Gasteiger partial charge in [0.2, 0.25) is 0 Å². The maximum absolute atomic E-state index is 4.63. The maximum atomic E-state index is 4.63. The summed E-state index contributed by atoms with van der Waals surface area (Å²) >= 11 is 0. The Balaban J connectivity index is 1.57. The van der Waals surface area contributed by atoms with Gasteiger partial charge < -0.3 is 10.6 Å². The average molecular weight is 348 g/mol. The molecule has 2 aromatic heterocycles. The lowest BCUT2D eigenvalue weighted by molar-refractivity contribution is 0.686. The molecule has 0 spiro atoms. The van der Waals surface area contributed by atoms with Crippen LogP contribution in [0.2, 0.25) is 0 Å². The highest BCUT2D eigenvalue weighted by Crippen LogP contribution is 2.05. The summed E-state index contributed by atoms with van der Waals surface area (Å²) < 4.78 is 1.94. The van der Waals surface area contributed by atoms with Crippen LogP contribution >= 0.6 is 0 Å². The minimum atomic E-state index is 0.576. The molecule has 3 rings (SSSR count). The Morgan fingerprint density at radius 3 is 2.65 bits per heavy atom. The Morgan fingerprint density at radius 2 is 1.88 bits per heavy atom. The second-order valence-corrected chi connectivity index (χ2v) is 5.90. The lowest BCUT2D eigenvalue weighted by Crippen LogP contribution is -2.36. The van der Waals surface area contributed by atoms with Gasteiger partial charge in [-0.05, 0) is 24.6 Å². The third-order valence-electron chi connectivity index (χ3n) is 3.80. The van der Waals surface area contributed by atoms with Crippen molar-refractivity contribution in [2.75, 3.05) is 6.54 Å². The van der Waals surface area contributed by atoms with Gasteiger partial charge in [-0.25, -0.2) is 4.99 Å². The third kappa shape index (κ3) is 5.44. The predicted molar refractivity (Wildman–Crippen MR) is 104 cm³/mol. The van der Waals surface area contributed by atoms with Crippen molar-refractivity contribution in [2.24, 2.45) is 4.99 Å². The van der Waals surface area contributed by atoms with Crippen molar-refractivity contribution in [1.82, 2.24) is 25.4 Å². The molecule has 26 heavy (non-hydrogen) atoms. The Kier molecular flexibility index (Phi) is 6.36. The van der Waals surface area contributed by atoms with Gasteiger partial charge >= 0.3 is 0 Å². The van der Waals surface area contributed by atoms with Gasteiger partial charge in [-0.3, -0.25) is 9.67 Å². The second kappa shape index (κ2) is 9.36. The molecule has 2 N–H and O–H groups in total. The Morgan fingerprint density at radius 1 is 1.04 bits per heavy atom. The van der Waals surface area contributed by atoms with Crippen LogP contribution in [-0.2, 0) is 19.6 Å². The molecule has 0 atom stereocenters. The number of nitrogens with zero attached hydrogens (tertiary/aromatic N) is 4. The van der Waals surface area contributed by atoms with E-state index in [1.807, 2.05) is 53.5 Å². The smallest absolute Gasteiger partial charge is 0.191 e. The minimum absolute atomic E-state index is 0.576. The van der Waals surface area contributed by atoms with Gasteiger partial charge in [0.1, 0.15) is 0 Å². The number of pyridine rings is 1. The highest BCUT2D eigenvalue weighted by Gasteiger charge is 2.02. The molecule has 2 heterocycles. The summed E-state index contributed by atoms with van der Waals surface area (Å²) in [5, 5.41) is 11.0. The lowest BCUT2D eigenvalue weighted by Gasteiger charge is -2.10. The number of aromatic nitrogens is 3. The first kappa shape index (κ1) is 17.7. The molecule has 6 heteroatoms. The van der Waals surface area contributed by atoms with E-state index in [1.54, 1.807) is 6.20 Å². The molecule has 0 radical (unpaired) electrons. The molecular formula is C20H24N6. The fraction of sp³-hybridized carbons (Fsp3) is 0.250. The summed E-state index contributed by atoms with van der Waals surface area (Å²) in [6.07, 6.45) is 5.70. The monoisotopic (exact) mass is 348 g/mol. The van der Waals surface area contributed by atoms with E-state index in [0.717, 1.165) is 30.3 Å². The second-order valence-electron chi connectivity index (χ2n) is 5.90. The SMILES string of the molecule is CCNC(=NCc1cnn(Cc2ccccc2)c1)NCc1ccccn1. The molecule has 0 aliphatic heterocycles. The van der Waals surface area contributed by atoms with Crippen molar-refractivity contribution in [3.05, 3.63) is 83.9 Å². The van der Waals surface area contributed by atoms with E-state index in [1.165, 1.54) is 5.56 Å². The van der Waals surface area contributed by atoms with Gasteiger partial charge in [0, 0.05) is 24.5 Å². The number of hydrogen-bond acceptors (Lipinski definition) is 3. The van der Waals surface area contributed by atoms with E-state index in [4.69, 9.17) is 0 Å². The molecule has 134 valence electrons. The normalized spacial score (nSPS) is 11.3. The number of nitrogens with one attached hydrogen (secondary N) is 2. The minimum Gasteiger partial charge on any atom is -0.357 e. The summed E-state index contributed by atoms with van der Waals surface area (Å²) in [6.45, 7) is 4.84. The number of guanidine groups is 1. The van der Waals surface area contributed by atoms with Crippen LogP contribution in [0.1, 0.15) is 23.7 Å². The van der Waals surface area contributed by atoms with E-state index >= 15 is 0 Å². The van der Waals surface area contributed by atoms with Gasteiger partial charge in [0.25, 0.3) is 0 Å². The third-order valence-corrected chi connectivity index (χ3v) is 3.80. The van der Waals surface area contributed by atoms with Crippen molar-refractivity contribution in [2.45, 2.75) is 26.6 Å². The molecule has 0 saturated heterocycles. The highest BCUT2D eigenvalue weighted by atomic mass is 15.3. The largest absolute Gasteiger partial charge is 0.357 e. The molecule has 0 fully saturated rings. The van der Waals surface area contributed by atoms with Crippen LogP contribution in [0.25, 0.3) is 0 Å². The molecule has 0 aliphatic carbocycles. The van der Waals surface area contributed by atoms with E-state index in [2.05, 4.69) is 44.8 Å². The molecule has 6 nitrogen and oxygen atoms in total. The van der Waals surface area contributed by atoms with Crippen molar-refractivity contribution in [3.63, 3.8) is 0 Å². The molecule has 3 aromatic rings. The molecule has 0 unspecified atom stereocenters. The van der Waals surface area contributed by atoms with Crippen molar-refractivity contribution in [1.29, 1.82) is 0 Å². The van der Waals surface area contributed by atoms with Crippen LogP contribution in [0.3, 0.4) is 0 Å². The van der Waals surface area contributed by atoms with Gasteiger partial charge in [0.05, 0.1) is 31.5 Å². The standard InChI is InChI=1S/C20H24N6/c1-2-21-20(24-14-19-10-6-7-11-22-19)23-12-18-13-25-26(16-18)15-17-8-4-3-5-9-17/h3-11,13,16H,2,12,14-15H2,1H3,(H2,21,23,24). The summed E-state index contributed by atoms with van der Waals surface area (Å²) in [5.41, 5.74) is 3.29. The summed E-state index contributed by atoms with van der Waals surface area (Å²) in [6, 6.07) is 16.2. The molecule has 1 aromatic carbocycles. The molecule has 0 aliphatic rings.